The molecule has 1 aliphatic heterocycles. The van der Waals surface area contributed by atoms with E-state index in [0.717, 1.165) is 21.2 Å². The Labute approximate surface area is 120 Å². The van der Waals surface area contributed by atoms with E-state index < -0.39 is 17.8 Å². The molecule has 104 valence electrons. The Morgan fingerprint density at radius 1 is 1.00 bits per heavy atom. The number of nitrogens with one attached hydrogen (secondary N) is 1. The van der Waals surface area contributed by atoms with Gasteiger partial charge in [0.1, 0.15) is 5.57 Å². The highest BCUT2D eigenvalue weighted by Crippen LogP contribution is 2.22. The van der Waals surface area contributed by atoms with Gasteiger partial charge in [-0.15, -0.1) is 0 Å². The molecule has 0 spiro atoms. The summed E-state index contributed by atoms with van der Waals surface area (Å²) in [6.07, 6.45) is 1.52. The van der Waals surface area contributed by atoms with E-state index >= 15 is 0 Å². The highest BCUT2D eigenvalue weighted by Gasteiger charge is 2.33. The zero-order valence-corrected chi connectivity index (χ0v) is 11.3. The van der Waals surface area contributed by atoms with Gasteiger partial charge in [0.05, 0.1) is 0 Å². The molecule has 3 rings (SSSR count). The van der Waals surface area contributed by atoms with E-state index in [4.69, 9.17) is 0 Å². The minimum Gasteiger partial charge on any atom is -0.273 e. The summed E-state index contributed by atoms with van der Waals surface area (Å²) in [6, 6.07) is 12.6. The Bertz CT molecular complexity index is 803. The van der Waals surface area contributed by atoms with Crippen molar-refractivity contribution in [2.45, 2.75) is 0 Å². The second kappa shape index (κ2) is 4.86. The highest BCUT2D eigenvalue weighted by atomic mass is 16.2. The maximum atomic E-state index is 12.1. The van der Waals surface area contributed by atoms with Gasteiger partial charge in [-0.05, 0) is 22.4 Å². The molecule has 1 fully saturated rings. The molecule has 0 radical (unpaired) electrons. The molecule has 1 N–H and O–H groups in total. The number of barbiturate groups is 1. The smallest absolute Gasteiger partial charge is 0.273 e. The molecule has 1 saturated heterocycles. The molecule has 5 heteroatoms. The van der Waals surface area contributed by atoms with Crippen molar-refractivity contribution in [1.29, 1.82) is 0 Å². The van der Waals surface area contributed by atoms with E-state index in [2.05, 4.69) is 5.32 Å². The van der Waals surface area contributed by atoms with Crippen LogP contribution in [0.15, 0.2) is 48.0 Å². The number of carbonyl (C=O) groups is 3. The summed E-state index contributed by atoms with van der Waals surface area (Å²) in [6.45, 7) is 0. The number of likely N-dealkylation sites (N-methyl/N-ethyl adjacent to an activating group) is 1. The minimum atomic E-state index is -0.708. The third-order valence-corrected chi connectivity index (χ3v) is 3.43. The predicted molar refractivity (Wildman–Crippen MR) is 78.2 cm³/mol. The topological polar surface area (TPSA) is 66.5 Å². The van der Waals surface area contributed by atoms with Gasteiger partial charge in [0, 0.05) is 7.05 Å². The maximum absolute atomic E-state index is 12.1. The minimum absolute atomic E-state index is 0.0477. The van der Waals surface area contributed by atoms with Crippen LogP contribution in [-0.4, -0.2) is 29.8 Å². The number of imide groups is 2. The highest BCUT2D eigenvalue weighted by molar-refractivity contribution is 6.31. The Balaban J connectivity index is 2.13. The van der Waals surface area contributed by atoms with Gasteiger partial charge in [-0.3, -0.25) is 19.8 Å². The van der Waals surface area contributed by atoms with E-state index in [-0.39, 0.29) is 5.57 Å². The van der Waals surface area contributed by atoms with Gasteiger partial charge < -0.3 is 0 Å². The van der Waals surface area contributed by atoms with Crippen LogP contribution in [0.1, 0.15) is 5.56 Å². The molecule has 0 bridgehead atoms. The molecular formula is C16H12N2O3. The second-order valence-corrected chi connectivity index (χ2v) is 4.75. The number of urea groups is 1. The van der Waals surface area contributed by atoms with Gasteiger partial charge in [-0.2, -0.15) is 0 Å². The lowest BCUT2D eigenvalue weighted by atomic mass is 10.0. The van der Waals surface area contributed by atoms with E-state index in [1.165, 1.54) is 13.1 Å². The van der Waals surface area contributed by atoms with E-state index in [1.54, 1.807) is 0 Å². The third kappa shape index (κ3) is 2.18. The molecular weight excluding hydrogens is 268 g/mol. The van der Waals surface area contributed by atoms with Gasteiger partial charge in [-0.25, -0.2) is 4.79 Å². The van der Waals surface area contributed by atoms with Crippen molar-refractivity contribution in [1.82, 2.24) is 10.2 Å². The Hall–Kier alpha value is -2.95. The van der Waals surface area contributed by atoms with Crippen molar-refractivity contribution in [2.24, 2.45) is 0 Å². The molecule has 1 aliphatic rings. The maximum Gasteiger partial charge on any atom is 0.331 e. The summed E-state index contributed by atoms with van der Waals surface area (Å²) in [5.74, 6) is -1.27. The fourth-order valence-electron chi connectivity index (χ4n) is 2.28. The van der Waals surface area contributed by atoms with Crippen molar-refractivity contribution in [3.8, 4) is 0 Å². The number of hydrogen-bond acceptors (Lipinski definition) is 3. The Morgan fingerprint density at radius 3 is 2.52 bits per heavy atom. The molecule has 0 aromatic heterocycles. The summed E-state index contributed by atoms with van der Waals surface area (Å²) in [4.78, 5) is 36.2. The van der Waals surface area contributed by atoms with Crippen molar-refractivity contribution < 1.29 is 14.4 Å². The van der Waals surface area contributed by atoms with Crippen LogP contribution < -0.4 is 5.32 Å². The second-order valence-electron chi connectivity index (χ2n) is 4.75. The van der Waals surface area contributed by atoms with Crippen LogP contribution in [0.4, 0.5) is 4.79 Å². The third-order valence-electron chi connectivity index (χ3n) is 3.43. The van der Waals surface area contributed by atoms with Gasteiger partial charge in [0.15, 0.2) is 0 Å². The first-order valence-corrected chi connectivity index (χ1v) is 6.41. The fraction of sp³-hybridized carbons (Fsp3) is 0.0625. The summed E-state index contributed by atoms with van der Waals surface area (Å²) >= 11 is 0. The molecule has 2 aromatic rings. The quantitative estimate of drug-likeness (QED) is 0.641. The first-order valence-electron chi connectivity index (χ1n) is 6.41. The van der Waals surface area contributed by atoms with E-state index in [0.29, 0.717) is 0 Å². The number of benzene rings is 2. The first kappa shape index (κ1) is 13.1. The largest absolute Gasteiger partial charge is 0.331 e. The van der Waals surface area contributed by atoms with Crippen molar-refractivity contribution in [2.75, 3.05) is 7.05 Å². The number of nitrogens with zero attached hydrogens (tertiary/aromatic N) is 1. The standard InChI is InChI=1S/C16H12N2O3/c1-18-15(20)13(14(19)17-16(18)21)9-11-7-4-6-10-5-2-3-8-12(10)11/h2-9H,1H3,(H,17,19,21)/b13-9+. The molecule has 0 atom stereocenters. The Morgan fingerprint density at radius 2 is 1.71 bits per heavy atom. The lowest BCUT2D eigenvalue weighted by molar-refractivity contribution is -0.129. The molecule has 4 amide bonds. The molecule has 2 aromatic carbocycles. The van der Waals surface area contributed by atoms with E-state index in [9.17, 15) is 14.4 Å². The van der Waals surface area contributed by atoms with Crippen molar-refractivity contribution >= 4 is 34.7 Å². The number of amides is 4. The number of hydrogen-bond donors (Lipinski definition) is 1. The lowest BCUT2D eigenvalue weighted by Crippen LogP contribution is -2.52. The van der Waals surface area contributed by atoms with Gasteiger partial charge in [-0.1, -0.05) is 42.5 Å². The lowest BCUT2D eigenvalue weighted by Gasteiger charge is -2.22. The zero-order valence-electron chi connectivity index (χ0n) is 11.3. The number of carbonyl (C=O) groups excluding carboxylic acids is 3. The van der Waals surface area contributed by atoms with Crippen molar-refractivity contribution in [3.05, 3.63) is 53.6 Å². The average molecular weight is 280 g/mol. The van der Waals surface area contributed by atoms with Crippen LogP contribution in [0.2, 0.25) is 0 Å². The average Bonchev–Trinajstić information content (AvgIpc) is 2.49. The van der Waals surface area contributed by atoms with Gasteiger partial charge >= 0.3 is 6.03 Å². The molecule has 1 heterocycles. The first-order chi connectivity index (χ1) is 10.1. The molecule has 5 nitrogen and oxygen atoms in total. The van der Waals surface area contributed by atoms with E-state index in [1.807, 2.05) is 42.5 Å². The van der Waals surface area contributed by atoms with Gasteiger partial charge in [0.2, 0.25) is 0 Å². The molecule has 0 aliphatic carbocycles. The number of fused-ring (bicyclic) bond motifs is 1. The summed E-state index contributed by atoms with van der Waals surface area (Å²) in [7, 11) is 1.33. The van der Waals surface area contributed by atoms with Crippen LogP contribution in [0.25, 0.3) is 16.8 Å². The Kier molecular flexibility index (Phi) is 3.02. The van der Waals surface area contributed by atoms with Crippen LogP contribution in [0.3, 0.4) is 0 Å². The summed E-state index contributed by atoms with van der Waals surface area (Å²) in [5.41, 5.74) is 0.711. The monoisotopic (exact) mass is 280 g/mol. The molecule has 0 saturated carbocycles. The van der Waals surface area contributed by atoms with Crippen LogP contribution in [-0.2, 0) is 9.59 Å². The number of rotatable bonds is 1. The van der Waals surface area contributed by atoms with Crippen molar-refractivity contribution in [3.63, 3.8) is 0 Å². The zero-order chi connectivity index (χ0) is 15.0. The summed E-state index contributed by atoms with van der Waals surface area (Å²) in [5, 5.41) is 4.09. The van der Waals surface area contributed by atoms with Crippen LogP contribution in [0, 0.1) is 0 Å². The fourth-order valence-corrected chi connectivity index (χ4v) is 2.28. The normalized spacial score (nSPS) is 17.5. The molecule has 0 unspecified atom stereocenters. The van der Waals surface area contributed by atoms with Gasteiger partial charge in [0.25, 0.3) is 11.8 Å². The SMILES string of the molecule is CN1C(=O)NC(=O)/C(=C\c2cccc3ccccc23)C1=O. The van der Waals surface area contributed by atoms with Crippen LogP contribution in [0.5, 0.6) is 0 Å². The predicted octanol–water partition coefficient (Wildman–Crippen LogP) is 1.93. The molecule has 21 heavy (non-hydrogen) atoms. The summed E-state index contributed by atoms with van der Waals surface area (Å²) < 4.78 is 0. The van der Waals surface area contributed by atoms with Crippen LogP contribution >= 0.6 is 0 Å².